The van der Waals surface area contributed by atoms with E-state index in [0.717, 1.165) is 12.1 Å². The number of nitrogens with one attached hydrogen (secondary N) is 3. The first-order chi connectivity index (χ1) is 8.40. The number of aromatic hydroxyl groups is 1. The highest BCUT2D eigenvalue weighted by Crippen LogP contribution is 2.24. The zero-order chi connectivity index (χ0) is 13.4. The Balaban J connectivity index is 2.62. The highest BCUT2D eigenvalue weighted by Gasteiger charge is 2.26. The Morgan fingerprint density at radius 2 is 1.89 bits per heavy atom. The van der Waals surface area contributed by atoms with Crippen molar-refractivity contribution in [2.24, 2.45) is 0 Å². The number of H-pyrrole nitrogens is 1. The molecule has 0 bridgehead atoms. The molecule has 0 saturated carbocycles. The van der Waals surface area contributed by atoms with Gasteiger partial charge in [-0.05, 0) is 12.1 Å². The topological polar surface area (TPSA) is 149 Å². The number of imide groups is 1. The van der Waals surface area contributed by atoms with Crippen LogP contribution in [0.15, 0.2) is 16.9 Å². The Hall–Kier alpha value is -2.90. The Kier molecular flexibility index (Phi) is 2.47. The van der Waals surface area contributed by atoms with Crippen molar-refractivity contribution in [2.45, 2.75) is 0 Å². The number of carbonyl (C=O) groups is 2. The monoisotopic (exact) mass is 248 g/mol. The average Bonchev–Trinajstić information content (AvgIpc) is 2.29. The number of pyridine rings is 1. The van der Waals surface area contributed by atoms with E-state index in [0.29, 0.717) is 0 Å². The zero-order valence-electron chi connectivity index (χ0n) is 8.90. The molecule has 0 saturated heterocycles. The van der Waals surface area contributed by atoms with Gasteiger partial charge in [-0.15, -0.1) is 0 Å². The summed E-state index contributed by atoms with van der Waals surface area (Å²) in [5.74, 6) is -2.17. The second-order valence-corrected chi connectivity index (χ2v) is 3.57. The van der Waals surface area contributed by atoms with E-state index in [9.17, 15) is 19.5 Å². The summed E-state index contributed by atoms with van der Waals surface area (Å²) in [4.78, 5) is 35.8. The third-order valence-corrected chi connectivity index (χ3v) is 2.34. The fraction of sp³-hybridized carbons (Fsp3) is 0. The molecule has 1 aliphatic heterocycles. The van der Waals surface area contributed by atoms with Crippen LogP contribution in [-0.4, -0.2) is 27.6 Å². The van der Waals surface area contributed by atoms with Crippen LogP contribution in [0.2, 0.25) is 0 Å². The average molecular weight is 248 g/mol. The highest BCUT2D eigenvalue weighted by atomic mass is 16.3. The molecule has 0 spiro atoms. The van der Waals surface area contributed by atoms with Gasteiger partial charge in [0.15, 0.2) is 5.88 Å². The summed E-state index contributed by atoms with van der Waals surface area (Å²) in [7, 11) is 0. The summed E-state index contributed by atoms with van der Waals surface area (Å²) < 4.78 is 0. The number of anilines is 1. The molecule has 92 valence electrons. The fourth-order valence-corrected chi connectivity index (χ4v) is 1.46. The molecule has 0 unspecified atom stereocenters. The lowest BCUT2D eigenvalue weighted by Gasteiger charge is -2.14. The molecule has 0 fully saturated rings. The quantitative estimate of drug-likeness (QED) is 0.392. The summed E-state index contributed by atoms with van der Waals surface area (Å²) in [5.41, 5.74) is 3.86. The third-order valence-electron chi connectivity index (χ3n) is 2.34. The van der Waals surface area contributed by atoms with Crippen LogP contribution in [0, 0.1) is 5.41 Å². The summed E-state index contributed by atoms with van der Waals surface area (Å²) >= 11 is 0. The van der Waals surface area contributed by atoms with Gasteiger partial charge in [0.2, 0.25) is 0 Å². The van der Waals surface area contributed by atoms with Gasteiger partial charge in [0.25, 0.3) is 17.4 Å². The van der Waals surface area contributed by atoms with E-state index in [2.05, 4.69) is 0 Å². The first-order valence-corrected chi connectivity index (χ1v) is 4.78. The van der Waals surface area contributed by atoms with Crippen LogP contribution in [0.3, 0.4) is 0 Å². The largest absolute Gasteiger partial charge is 0.494 e. The smallest absolute Gasteiger partial charge is 0.276 e. The van der Waals surface area contributed by atoms with Crippen LogP contribution in [-0.2, 0) is 9.59 Å². The van der Waals surface area contributed by atoms with Gasteiger partial charge in [-0.25, -0.2) is 0 Å². The molecule has 2 heterocycles. The normalized spacial score (nSPS) is 15.3. The lowest BCUT2D eigenvalue weighted by molar-refractivity contribution is -0.124. The Labute approximate surface area is 99.6 Å². The van der Waals surface area contributed by atoms with Crippen molar-refractivity contribution in [2.75, 3.05) is 5.73 Å². The molecule has 1 aliphatic rings. The molecule has 0 atom stereocenters. The number of nitrogen functional groups attached to an aromatic ring is 1. The maximum absolute atomic E-state index is 11.6. The number of carbonyl (C=O) groups excluding carboxylic acids is 2. The molecular formula is C10H8N4O4. The molecule has 1 aromatic rings. The molecule has 6 N–H and O–H groups in total. The number of hydrogen-bond donors (Lipinski definition) is 5. The fourth-order valence-electron chi connectivity index (χ4n) is 1.46. The predicted molar refractivity (Wildman–Crippen MR) is 62.0 cm³/mol. The van der Waals surface area contributed by atoms with E-state index in [1.54, 1.807) is 0 Å². The second-order valence-electron chi connectivity index (χ2n) is 3.57. The number of hydrogen-bond acceptors (Lipinski definition) is 6. The third kappa shape index (κ3) is 1.75. The number of amides is 2. The molecular weight excluding hydrogens is 240 g/mol. The minimum atomic E-state index is -0.833. The number of nitrogens with two attached hydrogens (primary N) is 1. The van der Waals surface area contributed by atoms with Crippen LogP contribution < -0.4 is 16.6 Å². The summed E-state index contributed by atoms with van der Waals surface area (Å²) in [6, 6.07) is 1.10. The molecule has 0 radical (unpaired) electrons. The van der Waals surface area contributed by atoms with Gasteiger partial charge in [0.1, 0.15) is 5.71 Å². The van der Waals surface area contributed by atoms with Gasteiger partial charge in [-0.1, -0.05) is 0 Å². The summed E-state index contributed by atoms with van der Waals surface area (Å²) in [6.45, 7) is 0. The van der Waals surface area contributed by atoms with Crippen molar-refractivity contribution >= 4 is 28.8 Å². The van der Waals surface area contributed by atoms with Crippen molar-refractivity contribution in [3.8, 4) is 5.88 Å². The lowest BCUT2D eigenvalue weighted by atomic mass is 10.0. The van der Waals surface area contributed by atoms with Crippen LogP contribution >= 0.6 is 0 Å². The Morgan fingerprint density at radius 3 is 2.56 bits per heavy atom. The SMILES string of the molecule is N=C1C=C(c2cc(N)c(=O)[nH]c2O)C(=O)NC1=O. The lowest BCUT2D eigenvalue weighted by Crippen LogP contribution is -2.39. The van der Waals surface area contributed by atoms with Gasteiger partial charge < -0.3 is 10.8 Å². The Morgan fingerprint density at radius 1 is 1.22 bits per heavy atom. The molecule has 8 heteroatoms. The maximum atomic E-state index is 11.6. The standard InChI is InChI=1S/C10H8N4O4/c11-5-1-3(7(15)13-9(5)17)4-2-6(12)10(18)14-8(4)16/h1-2,11H,12H2,(H,13,15,17)(H2,14,16,18). The molecule has 2 rings (SSSR count). The van der Waals surface area contributed by atoms with Crippen molar-refractivity contribution in [3.05, 3.63) is 28.1 Å². The van der Waals surface area contributed by atoms with Gasteiger partial charge in [0.05, 0.1) is 11.3 Å². The van der Waals surface area contributed by atoms with E-state index >= 15 is 0 Å². The first kappa shape index (κ1) is 11.6. The number of rotatable bonds is 1. The molecule has 18 heavy (non-hydrogen) atoms. The summed E-state index contributed by atoms with van der Waals surface area (Å²) in [6.07, 6.45) is 0.994. The molecule has 8 nitrogen and oxygen atoms in total. The first-order valence-electron chi connectivity index (χ1n) is 4.78. The van der Waals surface area contributed by atoms with E-state index in [4.69, 9.17) is 11.1 Å². The van der Waals surface area contributed by atoms with Crippen molar-refractivity contribution in [1.82, 2.24) is 10.3 Å². The van der Waals surface area contributed by atoms with Gasteiger partial charge in [0, 0.05) is 5.56 Å². The molecule has 0 aromatic carbocycles. The zero-order valence-corrected chi connectivity index (χ0v) is 8.90. The van der Waals surface area contributed by atoms with Gasteiger partial charge >= 0.3 is 0 Å². The van der Waals surface area contributed by atoms with Crippen molar-refractivity contribution in [3.63, 3.8) is 0 Å². The van der Waals surface area contributed by atoms with Crippen molar-refractivity contribution < 1.29 is 14.7 Å². The van der Waals surface area contributed by atoms with Gasteiger partial charge in [-0.2, -0.15) is 0 Å². The Bertz CT molecular complexity index is 671. The van der Waals surface area contributed by atoms with Crippen LogP contribution in [0.1, 0.15) is 5.56 Å². The molecule has 2 amide bonds. The predicted octanol–water partition coefficient (Wildman–Crippen LogP) is -1.28. The van der Waals surface area contributed by atoms with Crippen LogP contribution in [0.5, 0.6) is 5.88 Å². The van der Waals surface area contributed by atoms with E-state index < -0.39 is 29.0 Å². The van der Waals surface area contributed by atoms with Gasteiger partial charge in [-0.3, -0.25) is 30.1 Å². The van der Waals surface area contributed by atoms with E-state index in [-0.39, 0.29) is 16.8 Å². The van der Waals surface area contributed by atoms with Crippen LogP contribution in [0.25, 0.3) is 5.57 Å². The maximum Gasteiger partial charge on any atom is 0.276 e. The molecule has 0 aliphatic carbocycles. The van der Waals surface area contributed by atoms with Crippen LogP contribution in [0.4, 0.5) is 5.69 Å². The second kappa shape index (κ2) is 3.84. The van der Waals surface area contributed by atoms with E-state index in [1.165, 1.54) is 0 Å². The number of aromatic amines is 1. The van der Waals surface area contributed by atoms with Crippen molar-refractivity contribution in [1.29, 1.82) is 5.41 Å². The minimum Gasteiger partial charge on any atom is -0.494 e. The summed E-state index contributed by atoms with van der Waals surface area (Å²) in [5, 5.41) is 18.8. The van der Waals surface area contributed by atoms with E-state index in [1.807, 2.05) is 10.3 Å². The molecule has 1 aromatic heterocycles. The minimum absolute atomic E-state index is 0.0538. The highest BCUT2D eigenvalue weighted by molar-refractivity contribution is 6.52. The number of aromatic nitrogens is 1.